The number of aryl methyl sites for hydroxylation is 1. The van der Waals surface area contributed by atoms with Gasteiger partial charge in [0, 0.05) is 19.1 Å². The molecule has 3 nitrogen and oxygen atoms in total. The summed E-state index contributed by atoms with van der Waals surface area (Å²) in [5, 5.41) is 11.0. The first-order chi connectivity index (χ1) is 12.2. The molecule has 1 saturated carbocycles. The van der Waals surface area contributed by atoms with Gasteiger partial charge in [-0.25, -0.2) is 0 Å². The van der Waals surface area contributed by atoms with Crippen molar-refractivity contribution >= 4 is 0 Å². The van der Waals surface area contributed by atoms with Crippen molar-refractivity contribution in [2.24, 2.45) is 0 Å². The molecule has 1 fully saturated rings. The number of hydrogen-bond acceptors (Lipinski definition) is 3. The van der Waals surface area contributed by atoms with E-state index in [1.807, 2.05) is 18.2 Å². The number of fused-ring (bicyclic) bond motifs is 1. The van der Waals surface area contributed by atoms with Gasteiger partial charge in [0.25, 0.3) is 0 Å². The Morgan fingerprint density at radius 3 is 2.60 bits per heavy atom. The van der Waals surface area contributed by atoms with E-state index in [1.54, 1.807) is 0 Å². The van der Waals surface area contributed by atoms with Crippen LogP contribution in [-0.4, -0.2) is 34.8 Å². The summed E-state index contributed by atoms with van der Waals surface area (Å²) in [6.07, 6.45) is 3.61. The van der Waals surface area contributed by atoms with Crippen LogP contribution >= 0.6 is 0 Å². The zero-order valence-corrected chi connectivity index (χ0v) is 14.9. The number of rotatable bonds is 3. The first-order valence-electron chi connectivity index (χ1n) is 9.43. The lowest BCUT2D eigenvalue weighted by molar-refractivity contribution is -0.0572. The molecule has 0 unspecified atom stereocenters. The Kier molecular flexibility index (Phi) is 4.78. The molecule has 25 heavy (non-hydrogen) atoms. The van der Waals surface area contributed by atoms with Crippen LogP contribution in [0.25, 0.3) is 0 Å². The third-order valence-corrected chi connectivity index (χ3v) is 5.76. The van der Waals surface area contributed by atoms with Crippen LogP contribution in [-0.2, 0) is 13.0 Å². The molecular weight excluding hydrogens is 310 g/mol. The first-order valence-corrected chi connectivity index (χ1v) is 9.43. The van der Waals surface area contributed by atoms with Crippen molar-refractivity contribution in [3.05, 3.63) is 65.2 Å². The third kappa shape index (κ3) is 3.44. The highest BCUT2D eigenvalue weighted by Crippen LogP contribution is 2.31. The molecule has 3 atom stereocenters. The first kappa shape index (κ1) is 16.6. The van der Waals surface area contributed by atoms with E-state index in [0.717, 1.165) is 50.1 Å². The van der Waals surface area contributed by atoms with Gasteiger partial charge in [-0.15, -0.1) is 0 Å². The minimum Gasteiger partial charge on any atom is -0.487 e. The largest absolute Gasteiger partial charge is 0.487 e. The molecule has 1 heterocycles. The molecule has 2 aliphatic rings. The van der Waals surface area contributed by atoms with Crippen LogP contribution in [0.15, 0.2) is 48.5 Å². The van der Waals surface area contributed by atoms with E-state index in [4.69, 9.17) is 4.74 Å². The maximum atomic E-state index is 11.0. The molecule has 0 aromatic heterocycles. The molecule has 132 valence electrons. The lowest BCUT2D eigenvalue weighted by Gasteiger charge is -2.43. The Morgan fingerprint density at radius 2 is 1.76 bits per heavy atom. The quantitative estimate of drug-likeness (QED) is 0.927. The monoisotopic (exact) mass is 337 g/mol. The maximum absolute atomic E-state index is 11.0. The smallest absolute Gasteiger partial charge is 0.126 e. The van der Waals surface area contributed by atoms with Crippen LogP contribution in [0.1, 0.15) is 36.0 Å². The fourth-order valence-corrected chi connectivity index (χ4v) is 4.30. The van der Waals surface area contributed by atoms with Gasteiger partial charge < -0.3 is 9.84 Å². The van der Waals surface area contributed by atoms with Crippen LogP contribution < -0.4 is 4.74 Å². The molecule has 0 bridgehead atoms. The Morgan fingerprint density at radius 1 is 1.00 bits per heavy atom. The number of ether oxygens (including phenoxy) is 1. The van der Waals surface area contributed by atoms with Gasteiger partial charge in [-0.2, -0.15) is 0 Å². The van der Waals surface area contributed by atoms with Crippen LogP contribution in [0.2, 0.25) is 0 Å². The summed E-state index contributed by atoms with van der Waals surface area (Å²) < 4.78 is 6.21. The predicted octanol–water partition coefficient (Wildman–Crippen LogP) is 3.71. The lowest BCUT2D eigenvalue weighted by Crippen LogP contribution is -2.54. The van der Waals surface area contributed by atoms with Crippen molar-refractivity contribution in [1.82, 2.24) is 4.90 Å². The molecule has 1 aliphatic carbocycles. The number of aliphatic hydroxyl groups is 1. The second kappa shape index (κ2) is 7.19. The molecule has 0 saturated heterocycles. The molecule has 1 aliphatic heterocycles. The van der Waals surface area contributed by atoms with Crippen molar-refractivity contribution in [1.29, 1.82) is 0 Å². The van der Waals surface area contributed by atoms with Crippen molar-refractivity contribution < 1.29 is 9.84 Å². The molecule has 0 radical (unpaired) electrons. The maximum Gasteiger partial charge on any atom is 0.126 e. The lowest BCUT2D eigenvalue weighted by atomic mass is 9.87. The van der Waals surface area contributed by atoms with E-state index in [2.05, 4.69) is 42.2 Å². The van der Waals surface area contributed by atoms with Crippen molar-refractivity contribution in [2.45, 2.75) is 57.4 Å². The van der Waals surface area contributed by atoms with Gasteiger partial charge in [0.15, 0.2) is 0 Å². The van der Waals surface area contributed by atoms with E-state index >= 15 is 0 Å². The van der Waals surface area contributed by atoms with E-state index in [-0.39, 0.29) is 12.1 Å². The van der Waals surface area contributed by atoms with Gasteiger partial charge in [0.05, 0.1) is 0 Å². The van der Waals surface area contributed by atoms with E-state index in [0.29, 0.717) is 0 Å². The van der Waals surface area contributed by atoms with Crippen molar-refractivity contribution in [2.75, 3.05) is 6.54 Å². The molecule has 0 amide bonds. The molecular formula is C22H27NO2. The highest BCUT2D eigenvalue weighted by atomic mass is 16.5. The van der Waals surface area contributed by atoms with Crippen LogP contribution in [0.3, 0.4) is 0 Å². The zero-order valence-electron chi connectivity index (χ0n) is 14.9. The zero-order chi connectivity index (χ0) is 17.2. The van der Waals surface area contributed by atoms with Gasteiger partial charge in [0.1, 0.15) is 18.0 Å². The number of benzene rings is 2. The second-order valence-corrected chi connectivity index (χ2v) is 7.40. The highest BCUT2D eigenvalue weighted by molar-refractivity contribution is 5.32. The molecule has 2 aromatic carbocycles. The molecule has 2 aromatic rings. The highest BCUT2D eigenvalue weighted by Gasteiger charge is 2.37. The van der Waals surface area contributed by atoms with Crippen molar-refractivity contribution in [3.8, 4) is 5.75 Å². The summed E-state index contributed by atoms with van der Waals surface area (Å²) in [5.74, 6) is 0.899. The summed E-state index contributed by atoms with van der Waals surface area (Å²) in [7, 11) is 0. The summed E-state index contributed by atoms with van der Waals surface area (Å²) >= 11 is 0. The van der Waals surface area contributed by atoms with Crippen LogP contribution in [0.5, 0.6) is 5.75 Å². The van der Waals surface area contributed by atoms with Crippen LogP contribution in [0, 0.1) is 6.92 Å². The minimum atomic E-state index is -0.432. The second-order valence-electron chi connectivity index (χ2n) is 7.40. The number of para-hydroxylation sites is 1. The van der Waals surface area contributed by atoms with Gasteiger partial charge in [-0.1, -0.05) is 42.5 Å². The topological polar surface area (TPSA) is 32.7 Å². The Balaban J connectivity index is 1.47. The average Bonchev–Trinajstić information content (AvgIpc) is 2.65. The number of hydrogen-bond donors (Lipinski definition) is 1. The fraction of sp³-hybridized carbons (Fsp3) is 0.455. The summed E-state index contributed by atoms with van der Waals surface area (Å²) in [6, 6.07) is 17.0. The van der Waals surface area contributed by atoms with Gasteiger partial charge >= 0.3 is 0 Å². The molecule has 4 rings (SSSR count). The normalized spacial score (nSPS) is 26.9. The van der Waals surface area contributed by atoms with Gasteiger partial charge in [0.2, 0.25) is 0 Å². The third-order valence-electron chi connectivity index (χ3n) is 5.76. The Bertz CT molecular complexity index is 729. The molecule has 3 heteroatoms. The van der Waals surface area contributed by atoms with Gasteiger partial charge in [-0.3, -0.25) is 4.90 Å². The van der Waals surface area contributed by atoms with E-state index in [1.165, 1.54) is 11.1 Å². The molecule has 0 spiro atoms. The average molecular weight is 337 g/mol. The summed E-state index contributed by atoms with van der Waals surface area (Å²) in [6.45, 7) is 4.02. The predicted molar refractivity (Wildman–Crippen MR) is 99.8 cm³/mol. The van der Waals surface area contributed by atoms with E-state index in [9.17, 15) is 5.11 Å². The van der Waals surface area contributed by atoms with Crippen molar-refractivity contribution in [3.63, 3.8) is 0 Å². The number of aliphatic hydroxyl groups excluding tert-OH is 1. The van der Waals surface area contributed by atoms with Crippen LogP contribution in [0.4, 0.5) is 0 Å². The number of nitrogens with zero attached hydrogens (tertiary/aromatic N) is 1. The minimum absolute atomic E-state index is 0.114. The van der Waals surface area contributed by atoms with Gasteiger partial charge in [-0.05, 0) is 55.4 Å². The van der Waals surface area contributed by atoms with E-state index < -0.39 is 6.10 Å². The summed E-state index contributed by atoms with van der Waals surface area (Å²) in [4.78, 5) is 2.46. The summed E-state index contributed by atoms with van der Waals surface area (Å²) in [5.41, 5.74) is 3.99. The SMILES string of the molecule is Cc1ccccc1O[C@@H]1CCC[C@H](N2CCc3ccccc3C2)[C@H]1O. The fourth-order valence-electron chi connectivity index (χ4n) is 4.30. The molecule has 1 N–H and O–H groups in total. The standard InChI is InChI=1S/C22H27NO2/c1-16-7-2-5-11-20(16)25-21-12-6-10-19(22(21)24)23-14-13-17-8-3-4-9-18(17)15-23/h2-5,7-9,11,19,21-22,24H,6,10,12-15H2,1H3/t19-,21+,22+/m0/s1. The Hall–Kier alpha value is -1.84. The Labute approximate surface area is 150 Å².